The Morgan fingerprint density at radius 3 is 2.27 bits per heavy atom. The van der Waals surface area contributed by atoms with Gasteiger partial charge in [0.15, 0.2) is 17.5 Å². The number of halogens is 2. The Kier molecular flexibility index (Phi) is 4.52. The fourth-order valence-corrected chi connectivity index (χ4v) is 3.36. The molecule has 0 N–H and O–H groups in total. The lowest BCUT2D eigenvalue weighted by Gasteiger charge is -2.08. The second-order valence-corrected chi connectivity index (χ2v) is 6.95. The number of imidazole rings is 1. The fourth-order valence-electron chi connectivity index (χ4n) is 3.36. The van der Waals surface area contributed by atoms with Gasteiger partial charge in [-0.05, 0) is 28.8 Å². The van der Waals surface area contributed by atoms with Crippen LogP contribution in [-0.4, -0.2) is 19.7 Å². The van der Waals surface area contributed by atoms with Crippen molar-refractivity contribution in [2.45, 2.75) is 6.54 Å². The minimum atomic E-state index is -0.952. The van der Waals surface area contributed by atoms with Crippen LogP contribution in [0.4, 0.5) is 8.78 Å². The van der Waals surface area contributed by atoms with E-state index in [0.29, 0.717) is 17.9 Å². The number of hydrogen-bond donors (Lipinski definition) is 0. The average Bonchev–Trinajstić information content (AvgIpc) is 3.20. The molecule has 2 heterocycles. The van der Waals surface area contributed by atoms with Gasteiger partial charge < -0.3 is 0 Å². The van der Waals surface area contributed by atoms with Crippen LogP contribution in [0.1, 0.15) is 5.56 Å². The molecule has 0 bridgehead atoms. The second kappa shape index (κ2) is 7.48. The quantitative estimate of drug-likeness (QED) is 0.405. The Morgan fingerprint density at radius 1 is 0.733 bits per heavy atom. The molecule has 3 aromatic rings. The molecule has 0 aliphatic carbocycles. The summed E-state index contributed by atoms with van der Waals surface area (Å²) >= 11 is 0. The van der Waals surface area contributed by atoms with Gasteiger partial charge in [0.05, 0.1) is 24.5 Å². The Labute approximate surface area is 171 Å². The van der Waals surface area contributed by atoms with Gasteiger partial charge in [0, 0.05) is 0 Å². The smallest absolute Gasteiger partial charge is 0.169 e. The molecule has 3 aromatic carbocycles. The number of rotatable bonds is 4. The molecule has 0 amide bonds. The predicted molar refractivity (Wildman–Crippen MR) is 111 cm³/mol. The summed E-state index contributed by atoms with van der Waals surface area (Å²) < 4.78 is 29.3. The molecule has 0 spiro atoms. The summed E-state index contributed by atoms with van der Waals surface area (Å²) in [5.74, 6) is -1.73. The zero-order chi connectivity index (χ0) is 20.5. The minimum absolute atomic E-state index is 0.0363. The maximum absolute atomic E-state index is 14.1. The molecular weight excluding hydrogens is 382 g/mol. The zero-order valence-electron chi connectivity index (χ0n) is 15.8. The Balaban J connectivity index is 1.41. The van der Waals surface area contributed by atoms with E-state index in [2.05, 4.69) is 51.5 Å². The molecule has 2 aliphatic heterocycles. The number of hydrogen-bond acceptors (Lipinski definition) is 3. The van der Waals surface area contributed by atoms with Crippen LogP contribution in [0, 0.1) is 11.6 Å². The van der Waals surface area contributed by atoms with E-state index in [4.69, 9.17) is 0 Å². The molecule has 0 unspecified atom stereocenters. The summed E-state index contributed by atoms with van der Waals surface area (Å²) in [6.45, 7) is 0.557. The molecule has 2 aliphatic rings. The summed E-state index contributed by atoms with van der Waals surface area (Å²) in [7, 11) is 0. The zero-order valence-corrected chi connectivity index (χ0v) is 15.8. The Hall–Kier alpha value is -3.93. The van der Waals surface area contributed by atoms with E-state index < -0.39 is 11.6 Å². The third kappa shape index (κ3) is 3.43. The molecule has 5 rings (SSSR count). The first-order chi connectivity index (χ1) is 14.7. The van der Waals surface area contributed by atoms with Gasteiger partial charge in [0.25, 0.3) is 0 Å². The van der Waals surface area contributed by atoms with E-state index >= 15 is 0 Å². The maximum Gasteiger partial charge on any atom is 0.169 e. The standard InChI is InChI=1S/C24H16F2N4/c25-20-8-4-7-19(23(20)26)24-28-21-13-27-30(15-22(21)29-24)14-16-9-11-18(12-10-16)17-5-2-1-3-6-17/h1-13,15H,14H2. The minimum Gasteiger partial charge on any atom is -0.266 e. The Morgan fingerprint density at radius 2 is 1.47 bits per heavy atom. The van der Waals surface area contributed by atoms with Crippen molar-refractivity contribution in [3.05, 3.63) is 102 Å². The van der Waals surface area contributed by atoms with Crippen LogP contribution in [0.15, 0.2) is 85.2 Å². The van der Waals surface area contributed by atoms with Crippen molar-refractivity contribution in [2.24, 2.45) is 0 Å². The van der Waals surface area contributed by atoms with Crippen molar-refractivity contribution >= 4 is 0 Å². The van der Waals surface area contributed by atoms with E-state index in [1.54, 1.807) is 17.1 Å². The van der Waals surface area contributed by atoms with E-state index in [0.717, 1.165) is 17.2 Å². The van der Waals surface area contributed by atoms with E-state index in [-0.39, 0.29) is 11.4 Å². The summed E-state index contributed by atoms with van der Waals surface area (Å²) in [5.41, 5.74) is 4.54. The SMILES string of the molecule is Fc1cccc(-c2nc3cnn(Cc4ccc(-c5ccccc5)cc4)cc-3n2)c1F. The number of fused-ring (bicyclic) bond motifs is 1. The predicted octanol–water partition coefficient (Wildman–Crippen LogP) is 5.44. The van der Waals surface area contributed by atoms with Crippen molar-refractivity contribution in [2.75, 3.05) is 0 Å². The first kappa shape index (κ1) is 18.1. The van der Waals surface area contributed by atoms with Crippen LogP contribution in [0.3, 0.4) is 0 Å². The first-order valence-electron chi connectivity index (χ1n) is 9.46. The van der Waals surface area contributed by atoms with E-state index in [1.807, 2.05) is 18.2 Å². The van der Waals surface area contributed by atoms with Crippen molar-refractivity contribution in [1.82, 2.24) is 19.7 Å². The lowest BCUT2D eigenvalue weighted by atomic mass is 10.0. The highest BCUT2D eigenvalue weighted by atomic mass is 19.2. The average molecular weight is 398 g/mol. The monoisotopic (exact) mass is 398 g/mol. The highest BCUT2D eigenvalue weighted by Gasteiger charge is 2.18. The van der Waals surface area contributed by atoms with Gasteiger partial charge >= 0.3 is 0 Å². The fraction of sp³-hybridized carbons (Fsp3) is 0.0417. The molecule has 30 heavy (non-hydrogen) atoms. The third-order valence-electron chi connectivity index (χ3n) is 4.91. The number of nitrogens with zero attached hydrogens (tertiary/aromatic N) is 4. The third-order valence-corrected chi connectivity index (χ3v) is 4.91. The van der Waals surface area contributed by atoms with Crippen molar-refractivity contribution in [1.29, 1.82) is 0 Å². The summed E-state index contributed by atoms with van der Waals surface area (Å²) in [6, 6.07) is 22.4. The van der Waals surface area contributed by atoms with Crippen LogP contribution in [0.5, 0.6) is 0 Å². The molecule has 0 atom stereocenters. The molecule has 4 nitrogen and oxygen atoms in total. The maximum atomic E-state index is 14.1. The number of benzene rings is 3. The summed E-state index contributed by atoms with van der Waals surface area (Å²) in [5, 5.41) is 4.38. The molecule has 146 valence electrons. The van der Waals surface area contributed by atoms with Gasteiger partial charge in [-0.3, -0.25) is 4.68 Å². The molecule has 0 saturated heterocycles. The Bertz CT molecular complexity index is 1280. The van der Waals surface area contributed by atoms with Gasteiger partial charge in [-0.15, -0.1) is 0 Å². The van der Waals surface area contributed by atoms with Crippen LogP contribution < -0.4 is 0 Å². The van der Waals surface area contributed by atoms with Crippen molar-refractivity contribution in [3.63, 3.8) is 0 Å². The van der Waals surface area contributed by atoms with Crippen LogP contribution in [0.25, 0.3) is 33.9 Å². The molecule has 0 fully saturated rings. The first-order valence-corrected chi connectivity index (χ1v) is 9.46. The van der Waals surface area contributed by atoms with Crippen LogP contribution >= 0.6 is 0 Å². The van der Waals surface area contributed by atoms with Gasteiger partial charge in [-0.2, -0.15) is 5.10 Å². The summed E-state index contributed by atoms with van der Waals surface area (Å²) in [4.78, 5) is 8.65. The van der Waals surface area contributed by atoms with Crippen LogP contribution in [0.2, 0.25) is 0 Å². The number of aromatic nitrogens is 4. The molecule has 6 heteroatoms. The summed E-state index contributed by atoms with van der Waals surface area (Å²) in [6.07, 6.45) is 3.34. The van der Waals surface area contributed by atoms with Gasteiger partial charge in [-0.25, -0.2) is 18.7 Å². The van der Waals surface area contributed by atoms with Crippen molar-refractivity contribution < 1.29 is 8.78 Å². The lowest BCUT2D eigenvalue weighted by molar-refractivity contribution is 0.510. The van der Waals surface area contributed by atoms with E-state index in [9.17, 15) is 8.78 Å². The highest BCUT2D eigenvalue weighted by molar-refractivity contribution is 5.66. The largest absolute Gasteiger partial charge is 0.266 e. The topological polar surface area (TPSA) is 43.6 Å². The second-order valence-electron chi connectivity index (χ2n) is 6.95. The normalized spacial score (nSPS) is 11.1. The van der Waals surface area contributed by atoms with E-state index in [1.165, 1.54) is 17.7 Å². The molecular formula is C24H16F2N4. The highest BCUT2D eigenvalue weighted by Crippen LogP contribution is 2.27. The molecule has 0 radical (unpaired) electrons. The molecule has 0 saturated carbocycles. The lowest BCUT2D eigenvalue weighted by Crippen LogP contribution is -2.05. The van der Waals surface area contributed by atoms with Crippen LogP contribution in [-0.2, 0) is 6.54 Å². The van der Waals surface area contributed by atoms with Gasteiger partial charge in [-0.1, -0.05) is 60.7 Å². The van der Waals surface area contributed by atoms with Crippen molar-refractivity contribution in [3.8, 4) is 33.9 Å². The molecule has 0 aromatic heterocycles. The van der Waals surface area contributed by atoms with Gasteiger partial charge in [0.2, 0.25) is 0 Å². The van der Waals surface area contributed by atoms with Gasteiger partial charge in [0.1, 0.15) is 11.4 Å².